The summed E-state index contributed by atoms with van der Waals surface area (Å²) in [5, 5.41) is 0. The summed E-state index contributed by atoms with van der Waals surface area (Å²) in [6.07, 6.45) is 3.41. The number of hydrogen-bond donors (Lipinski definition) is 0. The molecule has 0 aliphatic carbocycles. The zero-order valence-corrected chi connectivity index (χ0v) is 14.1. The number of piperazine rings is 1. The highest BCUT2D eigenvalue weighted by Crippen LogP contribution is 2.22. The van der Waals surface area contributed by atoms with E-state index in [1.165, 1.54) is 0 Å². The fraction of sp³-hybridized carbons (Fsp3) is 0.316. The van der Waals surface area contributed by atoms with E-state index in [9.17, 15) is 4.79 Å². The van der Waals surface area contributed by atoms with Crippen LogP contribution < -0.4 is 4.90 Å². The van der Waals surface area contributed by atoms with Crippen LogP contribution >= 0.6 is 0 Å². The van der Waals surface area contributed by atoms with E-state index in [0.717, 1.165) is 36.0 Å². The highest BCUT2D eigenvalue weighted by molar-refractivity contribution is 5.87. The minimum atomic E-state index is 0.0843. The van der Waals surface area contributed by atoms with Crippen molar-refractivity contribution in [3.8, 4) is 11.3 Å². The quantitative estimate of drug-likeness (QED) is 0.815. The summed E-state index contributed by atoms with van der Waals surface area (Å²) in [5.74, 6) is 1.78. The number of aromatic nitrogens is 2. The Kier molecular flexibility index (Phi) is 4.89. The van der Waals surface area contributed by atoms with Gasteiger partial charge >= 0.3 is 0 Å². The van der Waals surface area contributed by atoms with Crippen LogP contribution in [0.15, 0.2) is 48.6 Å². The number of aryl methyl sites for hydroxylation is 1. The topological polar surface area (TPSA) is 49.3 Å². The Morgan fingerprint density at radius 3 is 2.46 bits per heavy atom. The summed E-state index contributed by atoms with van der Waals surface area (Å²) in [5.41, 5.74) is 2.02. The maximum atomic E-state index is 11.9. The van der Waals surface area contributed by atoms with Crippen LogP contribution in [-0.4, -0.2) is 47.0 Å². The highest BCUT2D eigenvalue weighted by Gasteiger charge is 2.21. The normalized spacial score (nSPS) is 15.1. The number of hydrogen-bond acceptors (Lipinski definition) is 4. The molecule has 0 atom stereocenters. The Morgan fingerprint density at radius 1 is 1.08 bits per heavy atom. The van der Waals surface area contributed by atoms with E-state index in [0.29, 0.717) is 13.1 Å². The molecule has 0 saturated carbocycles. The maximum absolute atomic E-state index is 11.9. The van der Waals surface area contributed by atoms with Gasteiger partial charge in [-0.2, -0.15) is 0 Å². The molecule has 5 nitrogen and oxygen atoms in total. The van der Waals surface area contributed by atoms with Gasteiger partial charge in [-0.05, 0) is 19.9 Å². The van der Waals surface area contributed by atoms with Crippen LogP contribution in [-0.2, 0) is 4.79 Å². The Morgan fingerprint density at radius 2 is 1.79 bits per heavy atom. The third kappa shape index (κ3) is 3.62. The monoisotopic (exact) mass is 322 g/mol. The van der Waals surface area contributed by atoms with Crippen molar-refractivity contribution in [1.29, 1.82) is 0 Å². The molecule has 0 spiro atoms. The molecule has 1 saturated heterocycles. The molecular formula is C19H22N4O. The average molecular weight is 322 g/mol. The molecule has 3 rings (SSSR count). The van der Waals surface area contributed by atoms with E-state index >= 15 is 0 Å². The van der Waals surface area contributed by atoms with Gasteiger partial charge in [0.05, 0.1) is 5.69 Å². The first kappa shape index (κ1) is 16.2. The second-order valence-corrected chi connectivity index (χ2v) is 5.84. The molecule has 0 unspecified atom stereocenters. The van der Waals surface area contributed by atoms with Crippen molar-refractivity contribution in [3.05, 3.63) is 54.4 Å². The second kappa shape index (κ2) is 7.25. The number of benzene rings is 1. The van der Waals surface area contributed by atoms with Crippen LogP contribution in [0.25, 0.3) is 11.3 Å². The number of rotatable bonds is 3. The molecule has 2 heterocycles. The van der Waals surface area contributed by atoms with Crippen LogP contribution in [0.3, 0.4) is 0 Å². The molecule has 1 aromatic heterocycles. The molecule has 1 amide bonds. The molecule has 1 fully saturated rings. The van der Waals surface area contributed by atoms with Crippen molar-refractivity contribution in [1.82, 2.24) is 14.9 Å². The molecule has 24 heavy (non-hydrogen) atoms. The lowest BCUT2D eigenvalue weighted by Gasteiger charge is -2.35. The minimum Gasteiger partial charge on any atom is -0.353 e. The third-order valence-corrected chi connectivity index (χ3v) is 4.12. The van der Waals surface area contributed by atoms with Crippen molar-refractivity contribution in [2.75, 3.05) is 31.1 Å². The van der Waals surface area contributed by atoms with Gasteiger partial charge in [0.15, 0.2) is 0 Å². The average Bonchev–Trinajstić information content (AvgIpc) is 2.62. The van der Waals surface area contributed by atoms with Crippen LogP contribution in [0.1, 0.15) is 12.7 Å². The first-order valence-corrected chi connectivity index (χ1v) is 8.25. The number of carbonyl (C=O) groups excluding carboxylic acids is 1. The number of nitrogens with zero attached hydrogens (tertiary/aromatic N) is 4. The van der Waals surface area contributed by atoms with Gasteiger partial charge < -0.3 is 9.80 Å². The Hall–Kier alpha value is -2.69. The van der Waals surface area contributed by atoms with E-state index in [-0.39, 0.29) is 5.91 Å². The summed E-state index contributed by atoms with van der Waals surface area (Å²) in [6, 6.07) is 12.2. The number of amides is 1. The zero-order valence-electron chi connectivity index (χ0n) is 14.1. The minimum absolute atomic E-state index is 0.0843. The summed E-state index contributed by atoms with van der Waals surface area (Å²) < 4.78 is 0. The van der Waals surface area contributed by atoms with E-state index in [1.54, 1.807) is 12.2 Å². The van der Waals surface area contributed by atoms with Gasteiger partial charge in [-0.15, -0.1) is 0 Å². The van der Waals surface area contributed by atoms with Crippen molar-refractivity contribution in [2.45, 2.75) is 13.8 Å². The summed E-state index contributed by atoms with van der Waals surface area (Å²) in [7, 11) is 0. The molecule has 1 aliphatic rings. The van der Waals surface area contributed by atoms with Crippen molar-refractivity contribution < 1.29 is 4.79 Å². The molecule has 5 heteroatoms. The van der Waals surface area contributed by atoms with Crippen LogP contribution in [0.2, 0.25) is 0 Å². The van der Waals surface area contributed by atoms with Gasteiger partial charge in [0, 0.05) is 37.8 Å². The van der Waals surface area contributed by atoms with Crippen molar-refractivity contribution in [3.63, 3.8) is 0 Å². The predicted octanol–water partition coefficient (Wildman–Crippen LogP) is 2.68. The maximum Gasteiger partial charge on any atom is 0.246 e. The molecule has 1 aliphatic heterocycles. The van der Waals surface area contributed by atoms with Crippen LogP contribution in [0.5, 0.6) is 0 Å². The summed E-state index contributed by atoms with van der Waals surface area (Å²) >= 11 is 0. The Bertz CT molecular complexity index is 734. The fourth-order valence-corrected chi connectivity index (χ4v) is 2.87. The molecule has 1 aromatic carbocycles. The van der Waals surface area contributed by atoms with Gasteiger partial charge in [0.2, 0.25) is 5.91 Å². The second-order valence-electron chi connectivity index (χ2n) is 5.84. The van der Waals surface area contributed by atoms with E-state index < -0.39 is 0 Å². The Balaban J connectivity index is 1.77. The standard InChI is InChI=1S/C19H22N4O/c1-3-7-19(24)23-12-10-22(11-13-23)18-14-17(20-15(2)21-18)16-8-5-4-6-9-16/h3-9,14H,10-13H2,1-2H3/b7-3+. The van der Waals surface area contributed by atoms with E-state index in [2.05, 4.69) is 27.0 Å². The zero-order chi connectivity index (χ0) is 16.9. The molecule has 124 valence electrons. The lowest BCUT2D eigenvalue weighted by molar-refractivity contribution is -0.126. The van der Waals surface area contributed by atoms with E-state index in [4.69, 9.17) is 0 Å². The molecule has 0 N–H and O–H groups in total. The predicted molar refractivity (Wildman–Crippen MR) is 95.8 cm³/mol. The smallest absolute Gasteiger partial charge is 0.246 e. The number of carbonyl (C=O) groups is 1. The van der Waals surface area contributed by atoms with Crippen molar-refractivity contribution >= 4 is 11.7 Å². The van der Waals surface area contributed by atoms with Gasteiger partial charge in [-0.3, -0.25) is 4.79 Å². The van der Waals surface area contributed by atoms with Crippen LogP contribution in [0, 0.1) is 6.92 Å². The summed E-state index contributed by atoms with van der Waals surface area (Å²) in [4.78, 5) is 25.2. The van der Waals surface area contributed by atoms with Crippen LogP contribution in [0.4, 0.5) is 5.82 Å². The summed E-state index contributed by atoms with van der Waals surface area (Å²) in [6.45, 7) is 6.78. The number of anilines is 1. The molecular weight excluding hydrogens is 300 g/mol. The van der Waals surface area contributed by atoms with Gasteiger partial charge in [-0.1, -0.05) is 36.4 Å². The lowest BCUT2D eigenvalue weighted by atomic mass is 10.1. The molecule has 2 aromatic rings. The first-order valence-electron chi connectivity index (χ1n) is 8.25. The van der Waals surface area contributed by atoms with Gasteiger partial charge in [0.1, 0.15) is 11.6 Å². The molecule has 0 radical (unpaired) electrons. The SMILES string of the molecule is C/C=C/C(=O)N1CCN(c2cc(-c3ccccc3)nc(C)n2)CC1. The molecule has 0 bridgehead atoms. The van der Waals surface area contributed by atoms with E-state index in [1.807, 2.05) is 43.0 Å². The number of allylic oxidation sites excluding steroid dienone is 1. The highest BCUT2D eigenvalue weighted by atomic mass is 16.2. The fourth-order valence-electron chi connectivity index (χ4n) is 2.87. The third-order valence-electron chi connectivity index (χ3n) is 4.12. The first-order chi connectivity index (χ1) is 11.7. The largest absolute Gasteiger partial charge is 0.353 e. The van der Waals surface area contributed by atoms with Gasteiger partial charge in [-0.25, -0.2) is 9.97 Å². The Labute approximate surface area is 142 Å². The lowest BCUT2D eigenvalue weighted by Crippen LogP contribution is -2.48. The van der Waals surface area contributed by atoms with Gasteiger partial charge in [0.25, 0.3) is 0 Å². The van der Waals surface area contributed by atoms with Crippen molar-refractivity contribution in [2.24, 2.45) is 0 Å².